The molecular formula is C38H76NO7P. The lowest BCUT2D eigenvalue weighted by molar-refractivity contribution is -0.870. The highest BCUT2D eigenvalue weighted by atomic mass is 31.2. The van der Waals surface area contributed by atoms with E-state index >= 15 is 0 Å². The van der Waals surface area contributed by atoms with E-state index in [1.165, 1.54) is 103 Å². The molecule has 0 aromatic rings. The van der Waals surface area contributed by atoms with Gasteiger partial charge in [0.15, 0.2) is 0 Å². The van der Waals surface area contributed by atoms with E-state index in [4.69, 9.17) is 18.5 Å². The maximum atomic E-state index is 12.6. The van der Waals surface area contributed by atoms with Crippen LogP contribution >= 0.6 is 7.82 Å². The highest BCUT2D eigenvalue weighted by Crippen LogP contribution is 2.38. The second kappa shape index (κ2) is 32.4. The summed E-state index contributed by atoms with van der Waals surface area (Å²) in [5, 5.41) is 0. The molecule has 8 nitrogen and oxygen atoms in total. The van der Waals surface area contributed by atoms with E-state index in [-0.39, 0.29) is 25.8 Å². The minimum atomic E-state index is -4.51. The first-order chi connectivity index (χ1) is 22.6. The predicted octanol–water partition coefficient (Wildman–Crippen LogP) is 10.1. The zero-order valence-corrected chi connectivity index (χ0v) is 32.4. The molecule has 280 valence electrons. The number of nitrogens with zero attached hydrogens (tertiary/aromatic N) is 1. The van der Waals surface area contributed by atoms with Crippen LogP contribution in [0.1, 0.15) is 168 Å². The van der Waals surface area contributed by atoms with Gasteiger partial charge in [-0.15, -0.1) is 0 Å². The molecule has 0 heterocycles. The summed E-state index contributed by atoms with van der Waals surface area (Å²) in [6.07, 6.45) is 32.1. The number of hydrogen-bond acceptors (Lipinski definition) is 7. The fraction of sp³-hybridized carbons (Fsp3) is 0.921. The summed E-state index contributed by atoms with van der Waals surface area (Å²) in [5.41, 5.74) is 0. The molecule has 0 N–H and O–H groups in total. The molecule has 0 saturated heterocycles. The molecular weight excluding hydrogens is 613 g/mol. The van der Waals surface area contributed by atoms with Crippen LogP contribution in [-0.4, -0.2) is 70.7 Å². The summed E-state index contributed by atoms with van der Waals surface area (Å²) in [6, 6.07) is 0. The number of phosphoric acid groups is 1. The van der Waals surface area contributed by atoms with Crippen molar-refractivity contribution in [2.24, 2.45) is 0 Å². The van der Waals surface area contributed by atoms with E-state index in [0.717, 1.165) is 44.9 Å². The minimum Gasteiger partial charge on any atom is -0.756 e. The number of rotatable bonds is 36. The Kier molecular flexibility index (Phi) is 31.9. The summed E-state index contributed by atoms with van der Waals surface area (Å²) in [4.78, 5) is 24.9. The van der Waals surface area contributed by atoms with Crippen molar-refractivity contribution in [1.29, 1.82) is 0 Å². The number of unbranched alkanes of at least 4 members (excludes halogenated alkanes) is 20. The van der Waals surface area contributed by atoms with E-state index < -0.39 is 13.9 Å². The molecule has 0 spiro atoms. The molecule has 0 aromatic heterocycles. The van der Waals surface area contributed by atoms with Gasteiger partial charge in [0.2, 0.25) is 0 Å². The smallest absolute Gasteiger partial charge is 0.306 e. The molecule has 0 bridgehead atoms. The summed E-state index contributed by atoms with van der Waals surface area (Å²) in [6.45, 7) is 5.39. The van der Waals surface area contributed by atoms with Crippen LogP contribution in [0, 0.1) is 0 Å². The minimum absolute atomic E-state index is 0.0273. The summed E-state index contributed by atoms with van der Waals surface area (Å²) in [7, 11) is 1.36. The Labute approximate surface area is 290 Å². The normalized spacial score (nSPS) is 14.1. The van der Waals surface area contributed by atoms with Gasteiger partial charge in [0.25, 0.3) is 7.82 Å². The zero-order valence-electron chi connectivity index (χ0n) is 31.5. The van der Waals surface area contributed by atoms with Gasteiger partial charge in [0.05, 0.1) is 34.4 Å². The van der Waals surface area contributed by atoms with Crippen LogP contribution in [0.5, 0.6) is 0 Å². The van der Waals surface area contributed by atoms with Gasteiger partial charge in [-0.2, -0.15) is 0 Å². The van der Waals surface area contributed by atoms with Crippen LogP contribution in [0.25, 0.3) is 0 Å². The first kappa shape index (κ1) is 46.2. The van der Waals surface area contributed by atoms with Crippen molar-refractivity contribution >= 4 is 13.8 Å². The van der Waals surface area contributed by atoms with Crippen LogP contribution in [0.4, 0.5) is 0 Å². The summed E-state index contributed by atoms with van der Waals surface area (Å²) < 4.78 is 34.4. The SMILES string of the molecule is CCCCCC/C=C\CCCCCCCC(=O)O[C@H](COCCCCCCCCCCCCCC)COP(=O)([O-])OCC[N+](C)(C)C. The van der Waals surface area contributed by atoms with E-state index in [1.54, 1.807) is 0 Å². The van der Waals surface area contributed by atoms with Gasteiger partial charge in [-0.1, -0.05) is 135 Å². The quantitative estimate of drug-likeness (QED) is 0.0212. The molecule has 0 aliphatic carbocycles. The maximum Gasteiger partial charge on any atom is 0.306 e. The molecule has 1 unspecified atom stereocenters. The number of phosphoric ester groups is 1. The van der Waals surface area contributed by atoms with Crippen molar-refractivity contribution in [2.75, 3.05) is 54.1 Å². The van der Waals surface area contributed by atoms with Gasteiger partial charge in [-0.05, 0) is 38.5 Å². The second-order valence-corrected chi connectivity index (χ2v) is 15.7. The Morgan fingerprint density at radius 2 is 1.11 bits per heavy atom. The van der Waals surface area contributed by atoms with Gasteiger partial charge >= 0.3 is 5.97 Å². The lowest BCUT2D eigenvalue weighted by Gasteiger charge is -2.28. The van der Waals surface area contributed by atoms with E-state index in [0.29, 0.717) is 24.1 Å². The molecule has 2 atom stereocenters. The monoisotopic (exact) mass is 690 g/mol. The van der Waals surface area contributed by atoms with Gasteiger partial charge in [-0.3, -0.25) is 9.36 Å². The highest BCUT2D eigenvalue weighted by Gasteiger charge is 2.20. The average Bonchev–Trinajstić information content (AvgIpc) is 3.01. The Hall–Kier alpha value is -0.760. The fourth-order valence-corrected chi connectivity index (χ4v) is 5.97. The average molecular weight is 690 g/mol. The molecule has 0 radical (unpaired) electrons. The molecule has 0 saturated carbocycles. The van der Waals surface area contributed by atoms with Crippen molar-refractivity contribution in [1.82, 2.24) is 0 Å². The number of ether oxygens (including phenoxy) is 2. The summed E-state index contributed by atoms with van der Waals surface area (Å²) >= 11 is 0. The van der Waals surface area contributed by atoms with Crippen LogP contribution in [0.15, 0.2) is 12.2 Å². The van der Waals surface area contributed by atoms with Gasteiger partial charge in [-0.25, -0.2) is 0 Å². The predicted molar refractivity (Wildman–Crippen MR) is 194 cm³/mol. The lowest BCUT2D eigenvalue weighted by Crippen LogP contribution is -2.37. The third-order valence-corrected chi connectivity index (χ3v) is 9.28. The highest BCUT2D eigenvalue weighted by molar-refractivity contribution is 7.45. The lowest BCUT2D eigenvalue weighted by atomic mass is 10.1. The van der Waals surface area contributed by atoms with Gasteiger partial charge < -0.3 is 27.9 Å². The third kappa shape index (κ3) is 36.3. The molecule has 0 aromatic carbocycles. The van der Waals surface area contributed by atoms with Crippen molar-refractivity contribution in [3.8, 4) is 0 Å². The number of quaternary nitrogens is 1. The standard InChI is InChI=1S/C38H76NO7P/c1-6-8-10-12-14-16-18-20-21-23-25-27-29-31-38(40)46-37(36-45-47(41,42)44-34-32-39(3,4)5)35-43-33-30-28-26-24-22-19-17-15-13-11-9-7-2/h16,18,37H,6-15,17,19-36H2,1-5H3/b18-16-/t37-/m1/s1. The van der Waals surface area contributed by atoms with Crippen LogP contribution in [0.3, 0.4) is 0 Å². The summed E-state index contributed by atoms with van der Waals surface area (Å²) in [5.74, 6) is -0.342. The fourth-order valence-electron chi connectivity index (χ4n) is 5.25. The van der Waals surface area contributed by atoms with E-state index in [2.05, 4.69) is 26.0 Å². The van der Waals surface area contributed by atoms with E-state index in [9.17, 15) is 14.3 Å². The second-order valence-electron chi connectivity index (χ2n) is 14.3. The molecule has 47 heavy (non-hydrogen) atoms. The Morgan fingerprint density at radius 3 is 1.64 bits per heavy atom. The number of carbonyl (C=O) groups is 1. The van der Waals surface area contributed by atoms with Gasteiger partial charge in [0, 0.05) is 13.0 Å². The first-order valence-corrected chi connectivity index (χ1v) is 20.9. The maximum absolute atomic E-state index is 12.6. The zero-order chi connectivity index (χ0) is 34.9. The molecule has 9 heteroatoms. The first-order valence-electron chi connectivity index (χ1n) is 19.4. The molecule has 0 aliphatic heterocycles. The van der Waals surface area contributed by atoms with Crippen LogP contribution in [-0.2, 0) is 27.9 Å². The molecule has 0 fully saturated rings. The molecule has 0 rings (SSSR count). The molecule has 0 amide bonds. The number of esters is 1. The van der Waals surface area contributed by atoms with Crippen molar-refractivity contribution in [3.05, 3.63) is 12.2 Å². The molecule has 0 aliphatic rings. The third-order valence-electron chi connectivity index (χ3n) is 8.32. The van der Waals surface area contributed by atoms with Crippen molar-refractivity contribution < 1.29 is 37.3 Å². The van der Waals surface area contributed by atoms with Crippen molar-refractivity contribution in [3.63, 3.8) is 0 Å². The number of allylic oxidation sites excluding steroid dienone is 2. The van der Waals surface area contributed by atoms with Crippen LogP contribution < -0.4 is 4.89 Å². The van der Waals surface area contributed by atoms with Crippen LogP contribution in [0.2, 0.25) is 0 Å². The van der Waals surface area contributed by atoms with Gasteiger partial charge in [0.1, 0.15) is 19.3 Å². The van der Waals surface area contributed by atoms with E-state index in [1.807, 2.05) is 21.1 Å². The largest absolute Gasteiger partial charge is 0.756 e. The Bertz CT molecular complexity index is 772. The number of carbonyl (C=O) groups excluding carboxylic acids is 1. The Morgan fingerprint density at radius 1 is 0.638 bits per heavy atom. The number of likely N-dealkylation sites (N-methyl/N-ethyl adjacent to an activating group) is 1. The topological polar surface area (TPSA) is 94.1 Å². The number of hydrogen-bond donors (Lipinski definition) is 0. The van der Waals surface area contributed by atoms with Crippen molar-refractivity contribution in [2.45, 2.75) is 174 Å². The Balaban J connectivity index is 4.30.